The van der Waals surface area contributed by atoms with Gasteiger partial charge in [0.15, 0.2) is 0 Å². The van der Waals surface area contributed by atoms with Crippen molar-refractivity contribution in [2.75, 3.05) is 0 Å². The van der Waals surface area contributed by atoms with Gasteiger partial charge in [0.2, 0.25) is 0 Å². The van der Waals surface area contributed by atoms with E-state index in [0.29, 0.717) is 5.84 Å². The Kier molecular flexibility index (Phi) is 1.78. The van der Waals surface area contributed by atoms with E-state index in [9.17, 15) is 0 Å². The van der Waals surface area contributed by atoms with Crippen molar-refractivity contribution in [3.8, 4) is 0 Å². The van der Waals surface area contributed by atoms with Crippen LogP contribution in [0.3, 0.4) is 0 Å². The topological polar surface area (TPSA) is 39.4 Å². The highest BCUT2D eigenvalue weighted by Gasteiger charge is 2.12. The van der Waals surface area contributed by atoms with Gasteiger partial charge in [-0.3, -0.25) is 4.98 Å². The molecule has 57 valence electrons. The maximum Gasteiger partial charge on any atom is 0.372 e. The molecule has 1 radical (unpaired) electrons. The van der Waals surface area contributed by atoms with Crippen LogP contribution in [0, 0.1) is 0 Å². The molecule has 0 N–H and O–H groups in total. The van der Waals surface area contributed by atoms with Gasteiger partial charge in [-0.15, -0.1) is 0 Å². The van der Waals surface area contributed by atoms with E-state index in [2.05, 4.69) is 15.0 Å². The van der Waals surface area contributed by atoms with Crippen molar-refractivity contribution < 1.29 is 0 Å². The van der Waals surface area contributed by atoms with E-state index in [-0.39, 0.29) is 0 Å². The fourth-order valence-electron chi connectivity index (χ4n) is 0.943. The highest BCUT2D eigenvalue weighted by atomic mass is 14.9. The molecule has 0 saturated carbocycles. The normalized spacial score (nSPS) is 14.5. The molecule has 0 fully saturated rings. The maximum absolute atomic E-state index is 4.10. The second kappa shape index (κ2) is 3.09. The van der Waals surface area contributed by atoms with Crippen molar-refractivity contribution in [2.24, 2.45) is 4.99 Å². The van der Waals surface area contributed by atoms with Crippen LogP contribution in [0.2, 0.25) is 0 Å². The number of allylic oxidation sites excluding steroid dienone is 1. The van der Waals surface area contributed by atoms with Crippen LogP contribution in [-0.2, 0) is 0 Å². The monoisotopic (exact) mass is 157 g/mol. The molecule has 3 heteroatoms. The third kappa shape index (κ3) is 1.29. The Morgan fingerprint density at radius 2 is 2.33 bits per heavy atom. The summed E-state index contributed by atoms with van der Waals surface area (Å²) in [5.41, 5.74) is 0.943. The Hall–Kier alpha value is -1.77. The zero-order valence-corrected chi connectivity index (χ0v) is 6.38. The largest absolute Gasteiger partial charge is 0.372 e. The van der Waals surface area contributed by atoms with Gasteiger partial charge in [0.05, 0.1) is 5.56 Å². The number of hydrogen-bond donors (Lipinski definition) is 0. The minimum atomic E-state index is 0.714. The van der Waals surface area contributed by atoms with Crippen LogP contribution in [0.15, 0.2) is 41.8 Å². The molecule has 0 aromatic carbocycles. The standard InChI is InChI=1S/C9H7N3/c1-3-8(7-10-4-1)9-11-5-2-6-12-9/h1-7H/q+1. The predicted octanol–water partition coefficient (Wildman–Crippen LogP) is 0.762. The molecule has 0 atom stereocenters. The summed E-state index contributed by atoms with van der Waals surface area (Å²) in [4.78, 5) is 12.2. The number of aromatic nitrogens is 1. The van der Waals surface area contributed by atoms with Crippen molar-refractivity contribution in [2.45, 2.75) is 0 Å². The second-order valence-corrected chi connectivity index (χ2v) is 2.31. The Morgan fingerprint density at radius 1 is 1.33 bits per heavy atom. The zero-order chi connectivity index (χ0) is 8.23. The van der Waals surface area contributed by atoms with E-state index < -0.39 is 0 Å². The molecule has 2 heterocycles. The van der Waals surface area contributed by atoms with E-state index in [1.807, 2.05) is 12.1 Å². The van der Waals surface area contributed by atoms with E-state index in [1.54, 1.807) is 30.9 Å². The Bertz CT molecular complexity index is 349. The molecule has 1 aromatic rings. The lowest BCUT2D eigenvalue weighted by Gasteiger charge is -1.89. The molecule has 1 aromatic heterocycles. The van der Waals surface area contributed by atoms with E-state index in [4.69, 9.17) is 0 Å². The summed E-state index contributed by atoms with van der Waals surface area (Å²) in [7, 11) is 0. The Labute approximate surface area is 70.2 Å². The molecule has 0 spiro atoms. The number of amidine groups is 1. The fraction of sp³-hybridized carbons (Fsp3) is 0. The summed E-state index contributed by atoms with van der Waals surface area (Å²) in [6.45, 7) is 0. The van der Waals surface area contributed by atoms with Gasteiger partial charge < -0.3 is 0 Å². The van der Waals surface area contributed by atoms with Crippen LogP contribution in [0.5, 0.6) is 0 Å². The van der Waals surface area contributed by atoms with Crippen LogP contribution >= 0.6 is 0 Å². The first kappa shape index (κ1) is 6.91. The number of aliphatic imine (C=N–C) groups is 2. The van der Waals surface area contributed by atoms with Crippen LogP contribution < -0.4 is 4.99 Å². The number of nitrogens with zero attached hydrogens (tertiary/aromatic N) is 3. The van der Waals surface area contributed by atoms with E-state index in [0.717, 1.165) is 5.56 Å². The van der Waals surface area contributed by atoms with Crippen molar-refractivity contribution in [3.05, 3.63) is 42.4 Å². The number of hydrogen-bond acceptors (Lipinski definition) is 3. The highest BCUT2D eigenvalue weighted by Crippen LogP contribution is 1.98. The third-order valence-electron chi connectivity index (χ3n) is 1.49. The van der Waals surface area contributed by atoms with Crippen LogP contribution in [0.1, 0.15) is 5.56 Å². The minimum absolute atomic E-state index is 0.714. The summed E-state index contributed by atoms with van der Waals surface area (Å²) < 4.78 is 0. The van der Waals surface area contributed by atoms with Crippen molar-refractivity contribution in [1.82, 2.24) is 9.98 Å². The van der Waals surface area contributed by atoms with Crippen molar-refractivity contribution in [3.63, 3.8) is 0 Å². The summed E-state index contributed by atoms with van der Waals surface area (Å²) in [5.74, 6) is 0.714. The van der Waals surface area contributed by atoms with Crippen LogP contribution in [0.25, 0.3) is 0 Å². The third-order valence-corrected chi connectivity index (χ3v) is 1.49. The lowest BCUT2D eigenvalue weighted by molar-refractivity contribution is 1.28. The number of rotatable bonds is 1. The zero-order valence-electron chi connectivity index (χ0n) is 6.38. The SMILES string of the molecule is C1=CN=C(c2cccnc2)[N+]=C1. The number of pyridine rings is 1. The van der Waals surface area contributed by atoms with E-state index in [1.165, 1.54) is 0 Å². The Morgan fingerprint density at radius 3 is 3.00 bits per heavy atom. The highest BCUT2D eigenvalue weighted by molar-refractivity contribution is 6.03. The van der Waals surface area contributed by atoms with Crippen molar-refractivity contribution >= 4 is 12.1 Å². The maximum atomic E-state index is 4.10. The smallest absolute Gasteiger partial charge is 0.264 e. The average molecular weight is 157 g/mol. The van der Waals surface area contributed by atoms with Gasteiger partial charge in [-0.1, -0.05) is 0 Å². The first-order valence-corrected chi connectivity index (χ1v) is 3.64. The van der Waals surface area contributed by atoms with Gasteiger partial charge in [0.1, 0.15) is 12.4 Å². The molecule has 0 amide bonds. The first-order valence-electron chi connectivity index (χ1n) is 3.64. The first-order chi connectivity index (χ1) is 5.97. The predicted molar refractivity (Wildman–Crippen MR) is 48.1 cm³/mol. The molecule has 0 unspecified atom stereocenters. The molecule has 2 rings (SSSR count). The molecule has 1 aliphatic rings. The van der Waals surface area contributed by atoms with E-state index >= 15 is 0 Å². The van der Waals surface area contributed by atoms with Crippen LogP contribution in [0.4, 0.5) is 0 Å². The Balaban J connectivity index is 2.38. The fourth-order valence-corrected chi connectivity index (χ4v) is 0.943. The van der Waals surface area contributed by atoms with Gasteiger partial charge in [0, 0.05) is 18.5 Å². The summed E-state index contributed by atoms with van der Waals surface area (Å²) >= 11 is 0. The molecule has 0 aliphatic carbocycles. The minimum Gasteiger partial charge on any atom is -0.264 e. The quantitative estimate of drug-likeness (QED) is 0.593. The second-order valence-electron chi connectivity index (χ2n) is 2.31. The van der Waals surface area contributed by atoms with Gasteiger partial charge in [0.25, 0.3) is 0 Å². The van der Waals surface area contributed by atoms with Gasteiger partial charge >= 0.3 is 5.84 Å². The molecule has 12 heavy (non-hydrogen) atoms. The van der Waals surface area contributed by atoms with Crippen LogP contribution in [-0.4, -0.2) is 17.0 Å². The van der Waals surface area contributed by atoms with Gasteiger partial charge in [-0.25, -0.2) is 0 Å². The molecular weight excluding hydrogens is 150 g/mol. The summed E-state index contributed by atoms with van der Waals surface area (Å²) in [5, 5.41) is 0. The lowest BCUT2D eigenvalue weighted by atomic mass is 10.2. The lowest BCUT2D eigenvalue weighted by Crippen LogP contribution is -2.10. The molecule has 0 saturated heterocycles. The molecule has 3 nitrogen and oxygen atoms in total. The summed E-state index contributed by atoms with van der Waals surface area (Å²) in [6.07, 6.45) is 8.70. The average Bonchev–Trinajstić information content (AvgIpc) is 2.21. The molecule has 1 aliphatic heterocycles. The summed E-state index contributed by atoms with van der Waals surface area (Å²) in [6, 6.07) is 3.80. The van der Waals surface area contributed by atoms with Gasteiger partial charge in [-0.05, 0) is 22.1 Å². The van der Waals surface area contributed by atoms with Gasteiger partial charge in [-0.2, -0.15) is 0 Å². The van der Waals surface area contributed by atoms with Crippen molar-refractivity contribution in [1.29, 1.82) is 0 Å². The molecular formula is C9H7N3+. The molecule has 0 bridgehead atoms.